The first-order valence-corrected chi connectivity index (χ1v) is 7.68. The van der Waals surface area contributed by atoms with Gasteiger partial charge in [-0.25, -0.2) is 0 Å². The van der Waals surface area contributed by atoms with Crippen LogP contribution in [0.2, 0.25) is 0 Å². The zero-order valence-corrected chi connectivity index (χ0v) is 12.9. The fourth-order valence-corrected chi connectivity index (χ4v) is 3.02. The van der Waals surface area contributed by atoms with E-state index in [0.29, 0.717) is 18.1 Å². The Bertz CT molecular complexity index is 223. The number of rotatable bonds is 7. The summed E-state index contributed by atoms with van der Waals surface area (Å²) in [5.74, 6) is 0.717. The van der Waals surface area contributed by atoms with Crippen molar-refractivity contribution in [3.63, 3.8) is 0 Å². The van der Waals surface area contributed by atoms with Gasteiger partial charge in [0.05, 0.1) is 6.61 Å². The first-order valence-electron chi connectivity index (χ1n) is 7.68. The van der Waals surface area contributed by atoms with E-state index in [-0.39, 0.29) is 0 Å². The first kappa shape index (κ1) is 15.9. The SMILES string of the molecule is CCCNC1CCN(C(C)COCC)C(C)C1C. The molecule has 0 aliphatic carbocycles. The van der Waals surface area contributed by atoms with E-state index in [1.165, 1.54) is 19.4 Å². The maximum atomic E-state index is 5.57. The van der Waals surface area contributed by atoms with Gasteiger partial charge < -0.3 is 10.1 Å². The molecule has 0 amide bonds. The van der Waals surface area contributed by atoms with E-state index in [1.54, 1.807) is 0 Å². The Morgan fingerprint density at radius 3 is 2.67 bits per heavy atom. The van der Waals surface area contributed by atoms with E-state index < -0.39 is 0 Å². The largest absolute Gasteiger partial charge is 0.380 e. The van der Waals surface area contributed by atoms with Gasteiger partial charge in [-0.15, -0.1) is 0 Å². The van der Waals surface area contributed by atoms with Crippen LogP contribution in [0, 0.1) is 5.92 Å². The van der Waals surface area contributed by atoms with Gasteiger partial charge in [0.15, 0.2) is 0 Å². The number of nitrogens with zero attached hydrogens (tertiary/aromatic N) is 1. The van der Waals surface area contributed by atoms with Gasteiger partial charge in [0.25, 0.3) is 0 Å². The molecule has 0 spiro atoms. The van der Waals surface area contributed by atoms with E-state index >= 15 is 0 Å². The second-order valence-corrected chi connectivity index (χ2v) is 5.70. The number of piperidine rings is 1. The topological polar surface area (TPSA) is 24.5 Å². The van der Waals surface area contributed by atoms with Crippen LogP contribution < -0.4 is 5.32 Å². The molecule has 1 saturated heterocycles. The van der Waals surface area contributed by atoms with Crippen molar-refractivity contribution in [2.24, 2.45) is 5.92 Å². The van der Waals surface area contributed by atoms with Crippen LogP contribution in [-0.4, -0.2) is 49.3 Å². The molecule has 4 unspecified atom stereocenters. The van der Waals surface area contributed by atoms with Crippen LogP contribution >= 0.6 is 0 Å². The zero-order valence-electron chi connectivity index (χ0n) is 12.9. The highest BCUT2D eigenvalue weighted by atomic mass is 16.5. The third-order valence-corrected chi connectivity index (χ3v) is 4.40. The van der Waals surface area contributed by atoms with E-state index in [2.05, 4.69) is 44.8 Å². The molecule has 18 heavy (non-hydrogen) atoms. The summed E-state index contributed by atoms with van der Waals surface area (Å²) in [6.07, 6.45) is 2.49. The molecule has 1 aliphatic rings. The Kier molecular flexibility index (Phi) is 7.20. The maximum absolute atomic E-state index is 5.57. The average molecular weight is 256 g/mol. The average Bonchev–Trinajstić information content (AvgIpc) is 2.37. The van der Waals surface area contributed by atoms with Gasteiger partial charge in [-0.05, 0) is 46.1 Å². The van der Waals surface area contributed by atoms with Crippen molar-refractivity contribution in [2.75, 3.05) is 26.3 Å². The highest BCUT2D eigenvalue weighted by molar-refractivity contribution is 4.90. The first-order chi connectivity index (χ1) is 8.61. The van der Waals surface area contributed by atoms with Gasteiger partial charge in [0.2, 0.25) is 0 Å². The Morgan fingerprint density at radius 1 is 1.33 bits per heavy atom. The van der Waals surface area contributed by atoms with Crippen LogP contribution in [0.25, 0.3) is 0 Å². The molecule has 0 aromatic carbocycles. The van der Waals surface area contributed by atoms with Crippen molar-refractivity contribution in [2.45, 2.75) is 65.6 Å². The van der Waals surface area contributed by atoms with Crippen LogP contribution in [0.5, 0.6) is 0 Å². The lowest BCUT2D eigenvalue weighted by Crippen LogP contribution is -2.56. The summed E-state index contributed by atoms with van der Waals surface area (Å²) in [5.41, 5.74) is 0. The molecule has 1 N–H and O–H groups in total. The Morgan fingerprint density at radius 2 is 2.06 bits per heavy atom. The lowest BCUT2D eigenvalue weighted by atomic mass is 9.86. The molecule has 108 valence electrons. The number of nitrogens with one attached hydrogen (secondary N) is 1. The van der Waals surface area contributed by atoms with E-state index in [9.17, 15) is 0 Å². The summed E-state index contributed by atoms with van der Waals surface area (Å²) in [5, 5.41) is 3.70. The van der Waals surface area contributed by atoms with Crippen molar-refractivity contribution in [3.8, 4) is 0 Å². The minimum absolute atomic E-state index is 0.537. The van der Waals surface area contributed by atoms with Gasteiger partial charge in [0, 0.05) is 31.3 Å². The van der Waals surface area contributed by atoms with Crippen LogP contribution in [0.4, 0.5) is 0 Å². The predicted octanol–water partition coefficient (Wildman–Crippen LogP) is 2.51. The van der Waals surface area contributed by atoms with Crippen molar-refractivity contribution in [1.29, 1.82) is 0 Å². The summed E-state index contributed by atoms with van der Waals surface area (Å²) in [7, 11) is 0. The Hall–Kier alpha value is -0.120. The quantitative estimate of drug-likeness (QED) is 0.757. The number of likely N-dealkylation sites (tertiary alicyclic amines) is 1. The lowest BCUT2D eigenvalue weighted by molar-refractivity contribution is 0.00966. The predicted molar refractivity (Wildman–Crippen MR) is 78.0 cm³/mol. The smallest absolute Gasteiger partial charge is 0.0619 e. The van der Waals surface area contributed by atoms with Crippen molar-refractivity contribution in [3.05, 3.63) is 0 Å². The van der Waals surface area contributed by atoms with Crippen LogP contribution in [0.3, 0.4) is 0 Å². The second-order valence-electron chi connectivity index (χ2n) is 5.70. The van der Waals surface area contributed by atoms with Gasteiger partial charge in [0.1, 0.15) is 0 Å². The molecule has 0 aromatic rings. The molecule has 0 aromatic heterocycles. The number of hydrogen-bond acceptors (Lipinski definition) is 3. The van der Waals surface area contributed by atoms with Gasteiger partial charge in [-0.1, -0.05) is 13.8 Å². The molecule has 0 radical (unpaired) electrons. The van der Waals surface area contributed by atoms with Crippen LogP contribution in [0.15, 0.2) is 0 Å². The Labute approximate surface area is 113 Å². The van der Waals surface area contributed by atoms with Crippen LogP contribution in [-0.2, 0) is 4.74 Å². The monoisotopic (exact) mass is 256 g/mol. The lowest BCUT2D eigenvalue weighted by Gasteiger charge is -2.45. The number of ether oxygens (including phenoxy) is 1. The minimum Gasteiger partial charge on any atom is -0.380 e. The molecule has 0 saturated carbocycles. The van der Waals surface area contributed by atoms with Gasteiger partial charge >= 0.3 is 0 Å². The molecule has 4 atom stereocenters. The van der Waals surface area contributed by atoms with Crippen molar-refractivity contribution in [1.82, 2.24) is 10.2 Å². The molecule has 1 heterocycles. The molecular formula is C15H32N2O. The highest BCUT2D eigenvalue weighted by Gasteiger charge is 2.34. The molecule has 0 bridgehead atoms. The van der Waals surface area contributed by atoms with Gasteiger partial charge in [-0.3, -0.25) is 4.90 Å². The Balaban J connectivity index is 2.46. The molecule has 3 nitrogen and oxygen atoms in total. The summed E-state index contributed by atoms with van der Waals surface area (Å²) < 4.78 is 5.57. The zero-order chi connectivity index (χ0) is 13.5. The molecule has 1 fully saturated rings. The summed E-state index contributed by atoms with van der Waals surface area (Å²) >= 11 is 0. The van der Waals surface area contributed by atoms with E-state index in [1.807, 2.05) is 0 Å². The van der Waals surface area contributed by atoms with Crippen molar-refractivity contribution >= 4 is 0 Å². The van der Waals surface area contributed by atoms with E-state index in [0.717, 1.165) is 25.7 Å². The van der Waals surface area contributed by atoms with Crippen molar-refractivity contribution < 1.29 is 4.74 Å². The molecular weight excluding hydrogens is 224 g/mol. The minimum atomic E-state index is 0.537. The second kappa shape index (κ2) is 8.13. The third kappa shape index (κ3) is 4.22. The summed E-state index contributed by atoms with van der Waals surface area (Å²) in [4.78, 5) is 2.62. The highest BCUT2D eigenvalue weighted by Crippen LogP contribution is 2.25. The summed E-state index contributed by atoms with van der Waals surface area (Å²) in [6, 6.07) is 1.87. The van der Waals surface area contributed by atoms with Gasteiger partial charge in [-0.2, -0.15) is 0 Å². The third-order valence-electron chi connectivity index (χ3n) is 4.40. The summed E-state index contributed by atoms with van der Waals surface area (Å²) in [6.45, 7) is 15.4. The molecule has 1 aliphatic heterocycles. The van der Waals surface area contributed by atoms with Crippen LogP contribution in [0.1, 0.15) is 47.5 Å². The fraction of sp³-hybridized carbons (Fsp3) is 1.00. The number of hydrogen-bond donors (Lipinski definition) is 1. The maximum Gasteiger partial charge on any atom is 0.0619 e. The molecule has 1 rings (SSSR count). The standard InChI is InChI=1S/C15H32N2O/c1-6-9-16-15-8-10-17(14(5)13(15)4)12(3)11-18-7-2/h12-16H,6-11H2,1-5H3. The fourth-order valence-electron chi connectivity index (χ4n) is 3.02. The normalized spacial score (nSPS) is 31.5. The molecule has 3 heteroatoms. The van der Waals surface area contributed by atoms with E-state index in [4.69, 9.17) is 4.74 Å².